The number of halogens is 1. The lowest BCUT2D eigenvalue weighted by molar-refractivity contribution is 0.454. The van der Waals surface area contributed by atoms with Crippen molar-refractivity contribution in [3.05, 3.63) is 51.5 Å². The van der Waals surface area contributed by atoms with Crippen molar-refractivity contribution in [1.82, 2.24) is 20.2 Å². The van der Waals surface area contributed by atoms with Crippen LogP contribution in [0.15, 0.2) is 45.9 Å². The van der Waals surface area contributed by atoms with E-state index in [0.29, 0.717) is 11.1 Å². The van der Waals surface area contributed by atoms with Crippen LogP contribution in [-0.2, 0) is 0 Å². The highest BCUT2D eigenvalue weighted by molar-refractivity contribution is 9.10. The van der Waals surface area contributed by atoms with Gasteiger partial charge in [0.25, 0.3) is 5.56 Å². The first-order valence-electron chi connectivity index (χ1n) is 5.73. The molecule has 20 heavy (non-hydrogen) atoms. The van der Waals surface area contributed by atoms with Gasteiger partial charge in [0.1, 0.15) is 11.4 Å². The maximum atomic E-state index is 12.1. The second kappa shape index (κ2) is 4.93. The van der Waals surface area contributed by atoms with Crippen LogP contribution >= 0.6 is 15.9 Å². The Morgan fingerprint density at radius 3 is 2.50 bits per heavy atom. The molecule has 1 aromatic carbocycles. The Labute approximate surface area is 121 Å². The molecule has 2 heterocycles. The Hall–Kier alpha value is -2.41. The molecule has 3 rings (SSSR count). The first-order chi connectivity index (χ1) is 9.65. The van der Waals surface area contributed by atoms with E-state index >= 15 is 0 Å². The molecular formula is C13H9BrN4O2. The minimum absolute atomic E-state index is 0.143. The molecule has 0 saturated heterocycles. The Bertz CT molecular complexity index is 794. The smallest absolute Gasteiger partial charge is 0.262 e. The highest BCUT2D eigenvalue weighted by Gasteiger charge is 2.14. The van der Waals surface area contributed by atoms with Crippen LogP contribution in [0.3, 0.4) is 0 Å². The van der Waals surface area contributed by atoms with Crippen molar-refractivity contribution >= 4 is 15.9 Å². The molecule has 100 valence electrons. The van der Waals surface area contributed by atoms with Gasteiger partial charge in [-0.2, -0.15) is 10.1 Å². The van der Waals surface area contributed by atoms with Crippen molar-refractivity contribution in [3.63, 3.8) is 0 Å². The van der Waals surface area contributed by atoms with Crippen LogP contribution in [0.2, 0.25) is 0 Å². The molecule has 0 amide bonds. The molecule has 0 aliphatic rings. The average molecular weight is 333 g/mol. The van der Waals surface area contributed by atoms with Crippen molar-refractivity contribution in [1.29, 1.82) is 0 Å². The van der Waals surface area contributed by atoms with E-state index in [0.717, 1.165) is 4.47 Å². The van der Waals surface area contributed by atoms with E-state index in [1.165, 1.54) is 6.20 Å². The molecular weight excluding hydrogens is 324 g/mol. The summed E-state index contributed by atoms with van der Waals surface area (Å²) >= 11 is 3.32. The van der Waals surface area contributed by atoms with Crippen LogP contribution in [0.4, 0.5) is 0 Å². The molecule has 0 spiro atoms. The molecule has 0 bridgehead atoms. The maximum absolute atomic E-state index is 12.1. The Kier molecular flexibility index (Phi) is 3.11. The lowest BCUT2D eigenvalue weighted by Crippen LogP contribution is -2.11. The Morgan fingerprint density at radius 1 is 1.15 bits per heavy atom. The summed E-state index contributed by atoms with van der Waals surface area (Å²) in [5, 5.41) is 16.4. The first kappa shape index (κ1) is 12.6. The summed E-state index contributed by atoms with van der Waals surface area (Å²) in [7, 11) is 0. The fourth-order valence-electron chi connectivity index (χ4n) is 1.86. The zero-order valence-electron chi connectivity index (χ0n) is 10.1. The fraction of sp³-hybridized carbons (Fsp3) is 0. The predicted molar refractivity (Wildman–Crippen MR) is 77.2 cm³/mol. The number of benzene rings is 1. The van der Waals surface area contributed by atoms with E-state index in [9.17, 15) is 9.90 Å². The zero-order valence-corrected chi connectivity index (χ0v) is 11.7. The van der Waals surface area contributed by atoms with Gasteiger partial charge in [-0.3, -0.25) is 9.89 Å². The van der Waals surface area contributed by atoms with E-state index in [4.69, 9.17) is 0 Å². The number of aromatic amines is 2. The maximum Gasteiger partial charge on any atom is 0.262 e. The summed E-state index contributed by atoms with van der Waals surface area (Å²) in [6, 6.07) is 7.04. The van der Waals surface area contributed by atoms with E-state index in [1.54, 1.807) is 30.5 Å². The molecule has 2 aromatic heterocycles. The van der Waals surface area contributed by atoms with Crippen molar-refractivity contribution in [2.45, 2.75) is 0 Å². The summed E-state index contributed by atoms with van der Waals surface area (Å²) in [6.07, 6.45) is 3.09. The van der Waals surface area contributed by atoms with E-state index in [2.05, 4.69) is 36.1 Å². The largest absolute Gasteiger partial charge is 0.493 e. The van der Waals surface area contributed by atoms with Gasteiger partial charge in [0.2, 0.25) is 5.88 Å². The number of nitrogens with zero attached hydrogens (tertiary/aromatic N) is 2. The number of nitrogens with one attached hydrogen (secondary N) is 2. The molecule has 3 N–H and O–H groups in total. The minimum Gasteiger partial charge on any atom is -0.493 e. The standard InChI is InChI=1S/C13H9BrN4O2/c14-9-3-1-7(2-4-9)10-12(19)17-11(18-13(10)20)8-5-15-16-6-8/h1-6H,(H,15,16)(H2,17,18,19,20). The van der Waals surface area contributed by atoms with Gasteiger partial charge in [-0.05, 0) is 17.7 Å². The van der Waals surface area contributed by atoms with Crippen molar-refractivity contribution < 1.29 is 5.11 Å². The van der Waals surface area contributed by atoms with Gasteiger partial charge in [-0.1, -0.05) is 28.1 Å². The number of hydrogen-bond donors (Lipinski definition) is 3. The molecule has 3 aromatic rings. The quantitative estimate of drug-likeness (QED) is 0.671. The molecule has 0 aliphatic carbocycles. The monoisotopic (exact) mass is 332 g/mol. The molecule has 0 unspecified atom stereocenters. The van der Waals surface area contributed by atoms with Gasteiger partial charge in [0.15, 0.2) is 0 Å². The first-order valence-corrected chi connectivity index (χ1v) is 6.53. The topological polar surface area (TPSA) is 94.7 Å². The molecule has 0 radical (unpaired) electrons. The van der Waals surface area contributed by atoms with Gasteiger partial charge >= 0.3 is 0 Å². The minimum atomic E-state index is -0.406. The number of aromatic nitrogens is 4. The molecule has 0 aliphatic heterocycles. The van der Waals surface area contributed by atoms with E-state index in [-0.39, 0.29) is 17.3 Å². The van der Waals surface area contributed by atoms with Gasteiger partial charge in [-0.25, -0.2) is 0 Å². The summed E-state index contributed by atoms with van der Waals surface area (Å²) in [5.41, 5.74) is 0.929. The van der Waals surface area contributed by atoms with Crippen LogP contribution in [0.5, 0.6) is 5.88 Å². The van der Waals surface area contributed by atoms with Crippen LogP contribution in [0.1, 0.15) is 0 Å². The van der Waals surface area contributed by atoms with Gasteiger partial charge < -0.3 is 10.1 Å². The Balaban J connectivity index is 2.14. The third-order valence-electron chi connectivity index (χ3n) is 2.80. The SMILES string of the molecule is O=c1[nH]c(-c2cn[nH]c2)nc(O)c1-c1ccc(Br)cc1. The fourth-order valence-corrected chi connectivity index (χ4v) is 2.12. The van der Waals surface area contributed by atoms with Crippen LogP contribution in [-0.4, -0.2) is 25.3 Å². The third-order valence-corrected chi connectivity index (χ3v) is 3.33. The lowest BCUT2D eigenvalue weighted by Gasteiger charge is -2.05. The van der Waals surface area contributed by atoms with Crippen molar-refractivity contribution in [2.75, 3.05) is 0 Å². The second-order valence-corrected chi connectivity index (χ2v) is 5.02. The van der Waals surface area contributed by atoms with Crippen LogP contribution < -0.4 is 5.56 Å². The number of aromatic hydroxyl groups is 1. The summed E-state index contributed by atoms with van der Waals surface area (Å²) < 4.78 is 0.889. The highest BCUT2D eigenvalue weighted by Crippen LogP contribution is 2.26. The molecule has 7 heteroatoms. The van der Waals surface area contributed by atoms with Crippen LogP contribution in [0.25, 0.3) is 22.5 Å². The predicted octanol–water partition coefficient (Wildman–Crippen LogP) is 2.30. The van der Waals surface area contributed by atoms with Crippen LogP contribution in [0, 0.1) is 0 Å². The lowest BCUT2D eigenvalue weighted by atomic mass is 10.1. The van der Waals surface area contributed by atoms with Gasteiger partial charge in [0, 0.05) is 10.7 Å². The molecule has 0 atom stereocenters. The molecule has 6 nitrogen and oxygen atoms in total. The average Bonchev–Trinajstić information content (AvgIpc) is 2.94. The number of rotatable bonds is 2. The number of hydrogen-bond acceptors (Lipinski definition) is 4. The van der Waals surface area contributed by atoms with E-state index < -0.39 is 5.56 Å². The van der Waals surface area contributed by atoms with Gasteiger partial charge in [-0.15, -0.1) is 0 Å². The third kappa shape index (κ3) is 2.23. The van der Waals surface area contributed by atoms with Gasteiger partial charge in [0.05, 0.1) is 11.8 Å². The van der Waals surface area contributed by atoms with E-state index in [1.807, 2.05) is 0 Å². The number of H-pyrrole nitrogens is 2. The second-order valence-electron chi connectivity index (χ2n) is 4.11. The summed E-state index contributed by atoms with van der Waals surface area (Å²) in [5.74, 6) is -0.0469. The highest BCUT2D eigenvalue weighted by atomic mass is 79.9. The molecule has 0 fully saturated rings. The van der Waals surface area contributed by atoms with Crippen molar-refractivity contribution in [3.8, 4) is 28.4 Å². The Morgan fingerprint density at radius 2 is 1.90 bits per heavy atom. The summed E-state index contributed by atoms with van der Waals surface area (Å²) in [6.45, 7) is 0. The van der Waals surface area contributed by atoms with Crippen molar-refractivity contribution in [2.24, 2.45) is 0 Å². The normalized spacial score (nSPS) is 10.7. The zero-order chi connectivity index (χ0) is 14.1. The summed E-state index contributed by atoms with van der Waals surface area (Å²) in [4.78, 5) is 18.8. The molecule has 0 saturated carbocycles.